The van der Waals surface area contributed by atoms with Crippen molar-refractivity contribution in [3.8, 4) is 0 Å². The molecule has 1 aromatic rings. The van der Waals surface area contributed by atoms with Gasteiger partial charge in [-0.3, -0.25) is 0 Å². The molecular weight excluding hydrogens is 333 g/mol. The van der Waals surface area contributed by atoms with Gasteiger partial charge in [-0.25, -0.2) is 4.39 Å². The maximum atomic E-state index is 13.4. The van der Waals surface area contributed by atoms with Gasteiger partial charge < -0.3 is 10.1 Å². The Morgan fingerprint density at radius 1 is 1.38 bits per heavy atom. The van der Waals surface area contributed by atoms with Gasteiger partial charge in [0.1, 0.15) is 5.82 Å². The molecule has 0 spiro atoms. The van der Waals surface area contributed by atoms with E-state index >= 15 is 0 Å². The molecule has 2 nitrogen and oxygen atoms in total. The van der Waals surface area contributed by atoms with Crippen molar-refractivity contribution in [3.05, 3.63) is 34.1 Å². The first-order valence-corrected chi connectivity index (χ1v) is 8.34. The minimum Gasteiger partial charge on any atom is -0.369 e. The van der Waals surface area contributed by atoms with Crippen molar-refractivity contribution < 1.29 is 9.13 Å². The molecular formula is C17H25BrFNO. The number of hydrogen-bond donors (Lipinski definition) is 1. The van der Waals surface area contributed by atoms with Gasteiger partial charge in [0.25, 0.3) is 0 Å². The molecule has 0 amide bonds. The number of rotatable bonds is 4. The summed E-state index contributed by atoms with van der Waals surface area (Å²) >= 11 is 3.51. The third kappa shape index (κ3) is 3.66. The van der Waals surface area contributed by atoms with Gasteiger partial charge in [-0.15, -0.1) is 0 Å². The van der Waals surface area contributed by atoms with E-state index in [0.717, 1.165) is 23.0 Å². The third-order valence-electron chi connectivity index (χ3n) is 4.27. The number of halogens is 2. The van der Waals surface area contributed by atoms with Crippen LogP contribution >= 0.6 is 15.9 Å². The zero-order valence-corrected chi connectivity index (χ0v) is 15.1. The molecule has 2 unspecified atom stereocenters. The van der Waals surface area contributed by atoms with Crippen molar-refractivity contribution in [3.63, 3.8) is 0 Å². The monoisotopic (exact) mass is 357 g/mol. The summed E-state index contributed by atoms with van der Waals surface area (Å²) in [5.74, 6) is 0.109. The van der Waals surface area contributed by atoms with Crippen LogP contribution in [0.3, 0.4) is 0 Å². The molecule has 0 saturated carbocycles. The highest BCUT2D eigenvalue weighted by Crippen LogP contribution is 2.48. The molecule has 1 saturated heterocycles. The molecule has 2 atom stereocenters. The Morgan fingerprint density at radius 3 is 2.52 bits per heavy atom. The van der Waals surface area contributed by atoms with Crippen LogP contribution in [0.4, 0.5) is 4.39 Å². The van der Waals surface area contributed by atoms with Gasteiger partial charge in [-0.2, -0.15) is 0 Å². The van der Waals surface area contributed by atoms with E-state index in [2.05, 4.69) is 55.9 Å². The van der Waals surface area contributed by atoms with Crippen LogP contribution in [0.15, 0.2) is 22.7 Å². The average molecular weight is 358 g/mol. The SMILES string of the molecule is CCNC(c1ccc(F)cc1Br)C1CC(C)(C)OC1(C)C. The van der Waals surface area contributed by atoms with Crippen molar-refractivity contribution in [1.29, 1.82) is 0 Å². The van der Waals surface area contributed by atoms with Gasteiger partial charge in [-0.05, 0) is 58.4 Å². The third-order valence-corrected chi connectivity index (χ3v) is 4.95. The first-order chi connectivity index (χ1) is 9.66. The van der Waals surface area contributed by atoms with E-state index in [9.17, 15) is 4.39 Å². The van der Waals surface area contributed by atoms with E-state index in [-0.39, 0.29) is 23.1 Å². The summed E-state index contributed by atoms with van der Waals surface area (Å²) in [5.41, 5.74) is 0.746. The standard InChI is InChI=1S/C17H25BrFNO/c1-6-20-15(12-8-7-11(19)9-14(12)18)13-10-16(2,3)21-17(13,4)5/h7-9,13,15,20H,6,10H2,1-5H3. The summed E-state index contributed by atoms with van der Waals surface area (Å²) in [6.07, 6.45) is 0.974. The summed E-state index contributed by atoms with van der Waals surface area (Å²) < 4.78 is 20.4. The highest BCUT2D eigenvalue weighted by Gasteiger charge is 2.49. The summed E-state index contributed by atoms with van der Waals surface area (Å²) in [6.45, 7) is 11.5. The van der Waals surface area contributed by atoms with Gasteiger partial charge in [0, 0.05) is 16.4 Å². The fourth-order valence-electron chi connectivity index (χ4n) is 3.57. The summed E-state index contributed by atoms with van der Waals surface area (Å²) in [7, 11) is 0. The minimum atomic E-state index is -0.219. The second-order valence-electron chi connectivity index (χ2n) is 6.98. The molecule has 4 heteroatoms. The molecule has 1 fully saturated rings. The Hall–Kier alpha value is -0.450. The number of ether oxygens (including phenoxy) is 1. The van der Waals surface area contributed by atoms with Crippen LogP contribution in [0.2, 0.25) is 0 Å². The molecule has 0 aliphatic carbocycles. The van der Waals surface area contributed by atoms with Crippen LogP contribution in [0.1, 0.15) is 52.6 Å². The van der Waals surface area contributed by atoms with E-state index < -0.39 is 0 Å². The maximum absolute atomic E-state index is 13.4. The zero-order valence-electron chi connectivity index (χ0n) is 13.5. The van der Waals surface area contributed by atoms with Crippen LogP contribution in [0.5, 0.6) is 0 Å². The fraction of sp³-hybridized carbons (Fsp3) is 0.647. The van der Waals surface area contributed by atoms with E-state index in [4.69, 9.17) is 4.74 Å². The van der Waals surface area contributed by atoms with Crippen molar-refractivity contribution in [2.45, 2.75) is 58.3 Å². The van der Waals surface area contributed by atoms with Gasteiger partial charge >= 0.3 is 0 Å². The van der Waals surface area contributed by atoms with Gasteiger partial charge in [-0.1, -0.05) is 28.9 Å². The van der Waals surface area contributed by atoms with Crippen LogP contribution in [-0.4, -0.2) is 17.7 Å². The lowest BCUT2D eigenvalue weighted by Gasteiger charge is -2.34. The topological polar surface area (TPSA) is 21.3 Å². The zero-order chi connectivity index (χ0) is 15.8. The summed E-state index contributed by atoms with van der Waals surface area (Å²) in [5, 5.41) is 3.56. The summed E-state index contributed by atoms with van der Waals surface area (Å²) in [6, 6.07) is 5.07. The first kappa shape index (κ1) is 16.9. The molecule has 0 bridgehead atoms. The molecule has 21 heavy (non-hydrogen) atoms. The van der Waals surface area contributed by atoms with Crippen LogP contribution in [-0.2, 0) is 4.74 Å². The maximum Gasteiger partial charge on any atom is 0.124 e. The molecule has 1 aromatic carbocycles. The molecule has 0 radical (unpaired) electrons. The molecule has 118 valence electrons. The van der Waals surface area contributed by atoms with Gasteiger partial charge in [0.05, 0.1) is 11.2 Å². The highest BCUT2D eigenvalue weighted by molar-refractivity contribution is 9.10. The van der Waals surface area contributed by atoms with Gasteiger partial charge in [0.2, 0.25) is 0 Å². The van der Waals surface area contributed by atoms with Crippen molar-refractivity contribution in [2.24, 2.45) is 5.92 Å². The van der Waals surface area contributed by atoms with E-state index in [1.165, 1.54) is 12.1 Å². The quantitative estimate of drug-likeness (QED) is 0.832. The lowest BCUT2D eigenvalue weighted by molar-refractivity contribution is -0.0778. The lowest BCUT2D eigenvalue weighted by Crippen LogP contribution is -2.38. The Morgan fingerprint density at radius 2 is 2.05 bits per heavy atom. The minimum absolute atomic E-state index is 0.131. The second-order valence-corrected chi connectivity index (χ2v) is 7.83. The van der Waals surface area contributed by atoms with E-state index in [0.29, 0.717) is 5.92 Å². The predicted octanol–water partition coefficient (Wildman–Crippen LogP) is 4.83. The Balaban J connectivity index is 2.39. The normalized spacial score (nSPS) is 25.0. The number of hydrogen-bond acceptors (Lipinski definition) is 2. The highest BCUT2D eigenvalue weighted by atomic mass is 79.9. The lowest BCUT2D eigenvalue weighted by atomic mass is 9.79. The van der Waals surface area contributed by atoms with Crippen molar-refractivity contribution in [2.75, 3.05) is 6.54 Å². The Labute approximate surface area is 135 Å². The van der Waals surface area contributed by atoms with Crippen LogP contribution in [0.25, 0.3) is 0 Å². The van der Waals surface area contributed by atoms with Crippen molar-refractivity contribution >= 4 is 15.9 Å². The fourth-order valence-corrected chi connectivity index (χ4v) is 4.16. The Bertz CT molecular complexity index is 516. The number of nitrogens with one attached hydrogen (secondary N) is 1. The smallest absolute Gasteiger partial charge is 0.124 e. The van der Waals surface area contributed by atoms with Gasteiger partial charge in [0.15, 0.2) is 0 Å². The molecule has 1 heterocycles. The van der Waals surface area contributed by atoms with Crippen LogP contribution < -0.4 is 5.32 Å². The second kappa shape index (κ2) is 5.98. The van der Waals surface area contributed by atoms with Crippen LogP contribution in [0, 0.1) is 11.7 Å². The van der Waals surface area contributed by atoms with E-state index in [1.807, 2.05) is 6.07 Å². The molecule has 1 N–H and O–H groups in total. The molecule has 1 aliphatic heterocycles. The molecule has 1 aliphatic rings. The molecule has 0 aromatic heterocycles. The van der Waals surface area contributed by atoms with E-state index in [1.54, 1.807) is 0 Å². The number of benzene rings is 1. The first-order valence-electron chi connectivity index (χ1n) is 7.55. The Kier molecular flexibility index (Phi) is 4.81. The van der Waals surface area contributed by atoms with Crippen molar-refractivity contribution in [1.82, 2.24) is 5.32 Å². The summed E-state index contributed by atoms with van der Waals surface area (Å²) in [4.78, 5) is 0. The predicted molar refractivity (Wildman–Crippen MR) is 87.9 cm³/mol. The molecule has 2 rings (SSSR count). The average Bonchev–Trinajstić information content (AvgIpc) is 2.55. The largest absolute Gasteiger partial charge is 0.369 e.